The summed E-state index contributed by atoms with van der Waals surface area (Å²) in [5.74, 6) is 2.52. The predicted octanol–water partition coefficient (Wildman–Crippen LogP) is 3.20. The van der Waals surface area contributed by atoms with Gasteiger partial charge in [-0.1, -0.05) is 18.2 Å². The SMILES string of the molecule is CC(C)(C)NC(=O)CN=C(NCCOc1ccccc1)Nc1ccc2c(c1)OCCCO2. The number of carbonyl (C=O) groups excluding carboxylic acids is 1. The third-order valence-electron chi connectivity index (χ3n) is 4.31. The Morgan fingerprint density at radius 3 is 2.56 bits per heavy atom. The highest BCUT2D eigenvalue weighted by Crippen LogP contribution is 2.32. The Balaban J connectivity index is 1.63. The van der Waals surface area contributed by atoms with Gasteiger partial charge in [-0.3, -0.25) is 4.79 Å². The summed E-state index contributed by atoms with van der Waals surface area (Å²) in [7, 11) is 0. The lowest BCUT2D eigenvalue weighted by molar-refractivity contribution is -0.121. The largest absolute Gasteiger partial charge is 0.492 e. The minimum atomic E-state index is -0.314. The highest BCUT2D eigenvalue weighted by molar-refractivity contribution is 5.95. The minimum Gasteiger partial charge on any atom is -0.492 e. The Morgan fingerprint density at radius 2 is 1.81 bits per heavy atom. The Hall–Kier alpha value is -3.42. The Bertz CT molecular complexity index is 910. The molecule has 0 aromatic heterocycles. The number of nitrogens with one attached hydrogen (secondary N) is 3. The van der Waals surface area contributed by atoms with E-state index in [1.165, 1.54) is 0 Å². The van der Waals surface area contributed by atoms with Crippen molar-refractivity contribution in [3.8, 4) is 17.2 Å². The average molecular weight is 441 g/mol. The van der Waals surface area contributed by atoms with Gasteiger partial charge in [0.1, 0.15) is 18.9 Å². The van der Waals surface area contributed by atoms with Crippen LogP contribution in [0.5, 0.6) is 17.2 Å². The Morgan fingerprint density at radius 1 is 1.06 bits per heavy atom. The van der Waals surface area contributed by atoms with E-state index in [2.05, 4.69) is 20.9 Å². The van der Waals surface area contributed by atoms with Crippen LogP contribution in [0.4, 0.5) is 5.69 Å². The molecule has 3 N–H and O–H groups in total. The summed E-state index contributed by atoms with van der Waals surface area (Å²) in [4.78, 5) is 16.7. The maximum Gasteiger partial charge on any atom is 0.242 e. The number of hydrogen-bond acceptors (Lipinski definition) is 5. The van der Waals surface area contributed by atoms with Crippen molar-refractivity contribution in [1.82, 2.24) is 10.6 Å². The highest BCUT2D eigenvalue weighted by atomic mass is 16.5. The first-order valence-corrected chi connectivity index (χ1v) is 10.8. The van der Waals surface area contributed by atoms with Crippen LogP contribution >= 0.6 is 0 Å². The maximum atomic E-state index is 12.2. The zero-order valence-corrected chi connectivity index (χ0v) is 18.9. The predicted molar refractivity (Wildman–Crippen MR) is 126 cm³/mol. The summed E-state index contributed by atoms with van der Waals surface area (Å²) in [5.41, 5.74) is 0.464. The number of amides is 1. The van der Waals surface area contributed by atoms with Crippen molar-refractivity contribution in [2.24, 2.45) is 4.99 Å². The van der Waals surface area contributed by atoms with Gasteiger partial charge in [-0.15, -0.1) is 0 Å². The number of anilines is 1. The molecule has 8 nitrogen and oxygen atoms in total. The van der Waals surface area contributed by atoms with Gasteiger partial charge in [-0.05, 0) is 45.0 Å². The fourth-order valence-corrected chi connectivity index (χ4v) is 2.98. The summed E-state index contributed by atoms with van der Waals surface area (Å²) < 4.78 is 17.2. The molecule has 0 saturated carbocycles. The van der Waals surface area contributed by atoms with Gasteiger partial charge >= 0.3 is 0 Å². The van der Waals surface area contributed by atoms with E-state index in [1.54, 1.807) is 0 Å². The van der Waals surface area contributed by atoms with Crippen LogP contribution in [0.15, 0.2) is 53.5 Å². The molecular formula is C24H32N4O4. The van der Waals surface area contributed by atoms with Gasteiger partial charge in [0, 0.05) is 23.7 Å². The summed E-state index contributed by atoms with van der Waals surface area (Å²) in [5, 5.41) is 9.36. The van der Waals surface area contributed by atoms with Crippen LogP contribution in [0.2, 0.25) is 0 Å². The molecular weight excluding hydrogens is 408 g/mol. The molecule has 1 heterocycles. The summed E-state index contributed by atoms with van der Waals surface area (Å²) in [6.45, 7) is 8.00. The number of hydrogen-bond donors (Lipinski definition) is 3. The number of ether oxygens (including phenoxy) is 3. The number of para-hydroxylation sites is 1. The standard InChI is InChI=1S/C24H32N4O4/c1-24(2,3)28-22(29)17-26-23(25-12-15-30-19-8-5-4-6-9-19)27-18-10-11-20-21(16-18)32-14-7-13-31-20/h4-6,8-11,16H,7,12-15,17H2,1-3H3,(H,28,29)(H2,25,26,27). The first-order chi connectivity index (χ1) is 15.4. The Kier molecular flexibility index (Phi) is 8.19. The zero-order chi connectivity index (χ0) is 22.8. The second-order valence-electron chi connectivity index (χ2n) is 8.39. The third kappa shape index (κ3) is 8.02. The fraction of sp³-hybridized carbons (Fsp3) is 0.417. The second kappa shape index (κ2) is 11.3. The molecule has 0 fully saturated rings. The van der Waals surface area contributed by atoms with Gasteiger partial charge in [0.2, 0.25) is 5.91 Å². The van der Waals surface area contributed by atoms with Crippen molar-refractivity contribution in [3.05, 3.63) is 48.5 Å². The quantitative estimate of drug-likeness (QED) is 0.348. The van der Waals surface area contributed by atoms with Crippen molar-refractivity contribution in [1.29, 1.82) is 0 Å². The minimum absolute atomic E-state index is 0.00328. The Labute approximate surface area is 189 Å². The molecule has 0 unspecified atom stereocenters. The normalized spacial score (nSPS) is 13.7. The molecule has 0 atom stereocenters. The van der Waals surface area contributed by atoms with Crippen molar-refractivity contribution in [2.75, 3.05) is 38.2 Å². The van der Waals surface area contributed by atoms with Crippen LogP contribution in [-0.4, -0.2) is 50.3 Å². The first-order valence-electron chi connectivity index (χ1n) is 10.8. The monoisotopic (exact) mass is 440 g/mol. The van der Waals surface area contributed by atoms with E-state index in [0.29, 0.717) is 38.1 Å². The van der Waals surface area contributed by atoms with Crippen LogP contribution < -0.4 is 30.2 Å². The first kappa shape index (κ1) is 23.2. The van der Waals surface area contributed by atoms with Crippen LogP contribution in [-0.2, 0) is 4.79 Å². The van der Waals surface area contributed by atoms with E-state index >= 15 is 0 Å². The lowest BCUT2D eigenvalue weighted by Gasteiger charge is -2.20. The topological polar surface area (TPSA) is 93.2 Å². The van der Waals surface area contributed by atoms with E-state index < -0.39 is 0 Å². The molecule has 1 aliphatic rings. The van der Waals surface area contributed by atoms with E-state index in [4.69, 9.17) is 14.2 Å². The van der Waals surface area contributed by atoms with Gasteiger partial charge in [-0.2, -0.15) is 0 Å². The van der Waals surface area contributed by atoms with Crippen molar-refractivity contribution < 1.29 is 19.0 Å². The van der Waals surface area contributed by atoms with Crippen LogP contribution in [0.1, 0.15) is 27.2 Å². The van der Waals surface area contributed by atoms with Crippen molar-refractivity contribution >= 4 is 17.6 Å². The van der Waals surface area contributed by atoms with Gasteiger partial charge in [0.05, 0.1) is 19.8 Å². The van der Waals surface area contributed by atoms with Gasteiger partial charge in [-0.25, -0.2) is 4.99 Å². The van der Waals surface area contributed by atoms with E-state index in [-0.39, 0.29) is 18.0 Å². The van der Waals surface area contributed by atoms with Crippen LogP contribution in [0.25, 0.3) is 0 Å². The van der Waals surface area contributed by atoms with Gasteiger partial charge < -0.3 is 30.2 Å². The average Bonchev–Trinajstić information content (AvgIpc) is 2.99. The van der Waals surface area contributed by atoms with Crippen LogP contribution in [0.3, 0.4) is 0 Å². The fourth-order valence-electron chi connectivity index (χ4n) is 2.98. The lowest BCUT2D eigenvalue weighted by atomic mass is 10.1. The highest BCUT2D eigenvalue weighted by Gasteiger charge is 2.14. The molecule has 1 aliphatic heterocycles. The maximum absolute atomic E-state index is 12.2. The molecule has 8 heteroatoms. The molecule has 0 spiro atoms. The lowest BCUT2D eigenvalue weighted by Crippen LogP contribution is -2.42. The summed E-state index contributed by atoms with van der Waals surface area (Å²) >= 11 is 0. The molecule has 0 bridgehead atoms. The molecule has 172 valence electrons. The van der Waals surface area contributed by atoms with Crippen LogP contribution in [0, 0.1) is 0 Å². The molecule has 32 heavy (non-hydrogen) atoms. The van der Waals surface area contributed by atoms with E-state index in [0.717, 1.165) is 23.6 Å². The second-order valence-corrected chi connectivity index (χ2v) is 8.39. The molecule has 3 rings (SSSR count). The third-order valence-corrected chi connectivity index (χ3v) is 4.31. The number of rotatable bonds is 7. The van der Waals surface area contributed by atoms with E-state index in [1.807, 2.05) is 69.3 Å². The summed E-state index contributed by atoms with van der Waals surface area (Å²) in [6, 6.07) is 15.2. The van der Waals surface area contributed by atoms with Gasteiger partial charge in [0.25, 0.3) is 0 Å². The van der Waals surface area contributed by atoms with Crippen molar-refractivity contribution in [3.63, 3.8) is 0 Å². The number of carbonyl (C=O) groups is 1. The zero-order valence-electron chi connectivity index (χ0n) is 18.9. The summed E-state index contributed by atoms with van der Waals surface area (Å²) in [6.07, 6.45) is 0.843. The molecule has 1 amide bonds. The number of aliphatic imine (C=N–C) groups is 1. The van der Waals surface area contributed by atoms with Gasteiger partial charge in [0.15, 0.2) is 17.5 Å². The number of guanidine groups is 1. The molecule has 0 radical (unpaired) electrons. The molecule has 2 aromatic rings. The molecule has 0 aliphatic carbocycles. The van der Waals surface area contributed by atoms with Crippen molar-refractivity contribution in [2.45, 2.75) is 32.7 Å². The molecule has 0 saturated heterocycles. The smallest absolute Gasteiger partial charge is 0.242 e. The number of fused-ring (bicyclic) bond motifs is 1. The number of nitrogens with zero attached hydrogens (tertiary/aromatic N) is 1. The number of benzene rings is 2. The molecule has 2 aromatic carbocycles. The van der Waals surface area contributed by atoms with E-state index in [9.17, 15) is 4.79 Å².